The van der Waals surface area contributed by atoms with E-state index in [1.165, 1.54) is 0 Å². The van der Waals surface area contributed by atoms with Crippen LogP contribution < -0.4 is 0 Å². The van der Waals surface area contributed by atoms with Gasteiger partial charge in [0.05, 0.1) is 0 Å². The zero-order valence-electron chi connectivity index (χ0n) is 22.8. The molecule has 0 radical (unpaired) electrons. The van der Waals surface area contributed by atoms with Crippen molar-refractivity contribution in [2.24, 2.45) is 0 Å². The van der Waals surface area contributed by atoms with Crippen molar-refractivity contribution in [3.63, 3.8) is 0 Å². The average molecular weight is 477 g/mol. The topological polar surface area (TPSA) is 36.9 Å². The van der Waals surface area contributed by atoms with Gasteiger partial charge in [0, 0.05) is 42.2 Å². The highest BCUT2D eigenvalue weighted by Gasteiger charge is 2.61. The molecule has 0 aliphatic carbocycles. The molecule has 0 amide bonds. The largest absolute Gasteiger partial charge is 0.394 e. The molecule has 0 aliphatic rings. The highest BCUT2D eigenvalue weighted by atomic mass is 28.4. The summed E-state index contributed by atoms with van der Waals surface area (Å²) in [5.41, 5.74) is 0.841. The van der Waals surface area contributed by atoms with Crippen molar-refractivity contribution in [2.75, 3.05) is 26.4 Å². The minimum Gasteiger partial charge on any atom is -0.394 e. The molecule has 188 valence electrons. The molecule has 0 heterocycles. The van der Waals surface area contributed by atoms with E-state index >= 15 is 0 Å². The summed E-state index contributed by atoms with van der Waals surface area (Å²) < 4.78 is 27.3. The number of unbranched alkanes of at least 4 members (excludes halogenated alkanes) is 4. The van der Waals surface area contributed by atoms with E-state index in [9.17, 15) is 0 Å². The molecule has 0 aromatic rings. The Balaban J connectivity index is 6.23. The van der Waals surface area contributed by atoms with E-state index < -0.39 is 17.1 Å². The van der Waals surface area contributed by atoms with Gasteiger partial charge in [-0.1, -0.05) is 94.9 Å². The molecule has 0 saturated heterocycles. The SMILES string of the molecule is CCCCO[Si](C[Si](OCCCC)(OCCCC)C(C)(C)C)(OCCCC)C(C)(C)C. The van der Waals surface area contributed by atoms with Gasteiger partial charge in [0.15, 0.2) is 0 Å². The molecule has 0 unspecified atom stereocenters. The van der Waals surface area contributed by atoms with Gasteiger partial charge < -0.3 is 17.7 Å². The van der Waals surface area contributed by atoms with Crippen LogP contribution in [0.2, 0.25) is 15.7 Å². The van der Waals surface area contributed by atoms with E-state index in [4.69, 9.17) is 17.7 Å². The summed E-state index contributed by atoms with van der Waals surface area (Å²) in [5.74, 6) is 0. The number of hydrogen-bond acceptors (Lipinski definition) is 4. The Hall–Kier alpha value is 0.274. The van der Waals surface area contributed by atoms with Gasteiger partial charge in [-0.2, -0.15) is 0 Å². The van der Waals surface area contributed by atoms with Crippen molar-refractivity contribution in [3.8, 4) is 0 Å². The summed E-state index contributed by atoms with van der Waals surface area (Å²) in [5, 5.41) is -0.111. The number of rotatable bonds is 18. The summed E-state index contributed by atoms with van der Waals surface area (Å²) in [6.07, 6.45) is 8.80. The molecule has 0 bridgehead atoms. The smallest absolute Gasteiger partial charge is 0.345 e. The lowest BCUT2D eigenvalue weighted by molar-refractivity contribution is 0.122. The first kappa shape index (κ1) is 31.3. The summed E-state index contributed by atoms with van der Waals surface area (Å²) in [4.78, 5) is 0. The molecule has 31 heavy (non-hydrogen) atoms. The van der Waals surface area contributed by atoms with Gasteiger partial charge >= 0.3 is 17.1 Å². The van der Waals surface area contributed by atoms with Crippen LogP contribution in [0.5, 0.6) is 0 Å². The molecule has 0 N–H and O–H groups in total. The Morgan fingerprint density at radius 2 is 0.677 bits per heavy atom. The lowest BCUT2D eigenvalue weighted by Gasteiger charge is -2.49. The third kappa shape index (κ3) is 10.4. The molecule has 0 aromatic carbocycles. The van der Waals surface area contributed by atoms with Gasteiger partial charge in [0.2, 0.25) is 0 Å². The molecular weight excluding hydrogens is 420 g/mol. The van der Waals surface area contributed by atoms with Crippen LogP contribution in [-0.4, -0.2) is 43.5 Å². The van der Waals surface area contributed by atoms with Crippen LogP contribution in [0.4, 0.5) is 0 Å². The summed E-state index contributed by atoms with van der Waals surface area (Å²) >= 11 is 0. The van der Waals surface area contributed by atoms with E-state index in [2.05, 4.69) is 69.2 Å². The fourth-order valence-corrected chi connectivity index (χ4v) is 15.6. The Kier molecular flexibility index (Phi) is 15.4. The Labute approximate surface area is 197 Å². The Bertz CT molecular complexity index is 384. The molecule has 0 rings (SSSR count). The van der Waals surface area contributed by atoms with Crippen LogP contribution in [0.15, 0.2) is 0 Å². The van der Waals surface area contributed by atoms with Crippen LogP contribution in [0.1, 0.15) is 121 Å². The van der Waals surface area contributed by atoms with E-state index in [-0.39, 0.29) is 10.1 Å². The fraction of sp³-hybridized carbons (Fsp3) is 1.00. The summed E-state index contributed by atoms with van der Waals surface area (Å²) in [7, 11) is -5.25. The predicted octanol–water partition coefficient (Wildman–Crippen LogP) is 8.28. The highest BCUT2D eigenvalue weighted by molar-refractivity contribution is 6.88. The first-order valence-electron chi connectivity index (χ1n) is 13.0. The van der Waals surface area contributed by atoms with Crippen LogP contribution in [0, 0.1) is 0 Å². The van der Waals surface area contributed by atoms with E-state index in [0.717, 1.165) is 83.5 Å². The van der Waals surface area contributed by atoms with Crippen molar-refractivity contribution in [2.45, 2.75) is 136 Å². The first-order valence-corrected chi connectivity index (χ1v) is 17.1. The standard InChI is InChI=1S/C25H56O4Si2/c1-11-15-19-26-30(24(5,6)7,27-20-16-12-2)23-31(25(8,9)10,28-21-17-13-3)29-22-18-14-4/h11-23H2,1-10H3. The van der Waals surface area contributed by atoms with Crippen molar-refractivity contribution in [3.05, 3.63) is 0 Å². The lowest BCUT2D eigenvalue weighted by Crippen LogP contribution is -2.62. The minimum atomic E-state index is -2.63. The van der Waals surface area contributed by atoms with Gasteiger partial charge in [0.1, 0.15) is 0 Å². The maximum Gasteiger partial charge on any atom is 0.345 e. The zero-order valence-corrected chi connectivity index (χ0v) is 24.8. The minimum absolute atomic E-state index is 0.0553. The lowest BCUT2D eigenvalue weighted by atomic mass is 10.2. The van der Waals surface area contributed by atoms with E-state index in [0.29, 0.717) is 0 Å². The van der Waals surface area contributed by atoms with Crippen molar-refractivity contribution >= 4 is 17.1 Å². The Morgan fingerprint density at radius 3 is 0.839 bits per heavy atom. The molecule has 0 aromatic heterocycles. The molecule has 0 spiro atoms. The quantitative estimate of drug-likeness (QED) is 0.147. The second-order valence-electron chi connectivity index (χ2n) is 11.0. The van der Waals surface area contributed by atoms with E-state index in [1.807, 2.05) is 0 Å². The third-order valence-electron chi connectivity index (χ3n) is 6.08. The molecule has 0 fully saturated rings. The zero-order chi connectivity index (χ0) is 24.0. The van der Waals surface area contributed by atoms with Crippen LogP contribution in [-0.2, 0) is 17.7 Å². The molecule has 4 nitrogen and oxygen atoms in total. The predicted molar refractivity (Wildman–Crippen MR) is 139 cm³/mol. The van der Waals surface area contributed by atoms with Gasteiger partial charge in [-0.3, -0.25) is 0 Å². The van der Waals surface area contributed by atoms with Gasteiger partial charge in [-0.15, -0.1) is 0 Å². The summed E-state index contributed by atoms with van der Waals surface area (Å²) in [6, 6.07) is 0. The van der Waals surface area contributed by atoms with Gasteiger partial charge in [-0.25, -0.2) is 0 Å². The monoisotopic (exact) mass is 476 g/mol. The van der Waals surface area contributed by atoms with Crippen molar-refractivity contribution < 1.29 is 17.7 Å². The van der Waals surface area contributed by atoms with Gasteiger partial charge in [0.25, 0.3) is 0 Å². The normalized spacial score (nSPS) is 13.7. The van der Waals surface area contributed by atoms with Crippen molar-refractivity contribution in [1.29, 1.82) is 0 Å². The average Bonchev–Trinajstić information content (AvgIpc) is 2.66. The third-order valence-corrected chi connectivity index (χ3v) is 17.1. The second kappa shape index (κ2) is 15.2. The molecular formula is C25H56O4Si2. The molecule has 6 heteroatoms. The van der Waals surface area contributed by atoms with Crippen LogP contribution in [0.3, 0.4) is 0 Å². The van der Waals surface area contributed by atoms with E-state index in [1.54, 1.807) is 0 Å². The van der Waals surface area contributed by atoms with Crippen LogP contribution >= 0.6 is 0 Å². The molecule has 0 saturated carbocycles. The number of hydrogen-bond donors (Lipinski definition) is 0. The fourth-order valence-electron chi connectivity index (χ4n) is 3.52. The second-order valence-corrected chi connectivity index (χ2v) is 19.6. The Morgan fingerprint density at radius 1 is 0.452 bits per heavy atom. The molecule has 0 aliphatic heterocycles. The summed E-state index contributed by atoms with van der Waals surface area (Å²) in [6.45, 7) is 25.8. The maximum absolute atomic E-state index is 6.84. The first-order chi connectivity index (χ1) is 14.4. The molecule has 0 atom stereocenters. The van der Waals surface area contributed by atoms with Crippen molar-refractivity contribution in [1.82, 2.24) is 0 Å². The highest BCUT2D eigenvalue weighted by Crippen LogP contribution is 2.50. The maximum atomic E-state index is 6.84. The van der Waals surface area contributed by atoms with Gasteiger partial charge in [-0.05, 0) is 25.7 Å². The van der Waals surface area contributed by atoms with Crippen LogP contribution in [0.25, 0.3) is 0 Å².